The highest BCUT2D eigenvalue weighted by Gasteiger charge is 2.22. The second-order valence-corrected chi connectivity index (χ2v) is 7.25. The molecule has 0 bridgehead atoms. The molecule has 128 valence electrons. The van der Waals surface area contributed by atoms with E-state index in [-0.39, 0.29) is 11.8 Å². The van der Waals surface area contributed by atoms with E-state index in [1.165, 1.54) is 11.3 Å². The number of thiazole rings is 1. The number of amides is 2. The first kappa shape index (κ1) is 18.5. The average molecular weight is 364 g/mol. The van der Waals surface area contributed by atoms with E-state index in [1.54, 1.807) is 17.8 Å². The predicted molar refractivity (Wildman–Crippen MR) is 101 cm³/mol. The number of hydrogen-bond acceptors (Lipinski definition) is 5. The predicted octanol–water partition coefficient (Wildman–Crippen LogP) is 3.25. The number of nitrogens with zero attached hydrogens (tertiary/aromatic N) is 1. The third-order valence-corrected chi connectivity index (χ3v) is 4.99. The first-order chi connectivity index (χ1) is 11.5. The summed E-state index contributed by atoms with van der Waals surface area (Å²) in [7, 11) is 0. The van der Waals surface area contributed by atoms with Gasteiger partial charge in [0.05, 0.1) is 5.69 Å². The van der Waals surface area contributed by atoms with Gasteiger partial charge in [-0.15, -0.1) is 11.3 Å². The Morgan fingerprint density at radius 2 is 2.04 bits per heavy atom. The molecule has 0 fully saturated rings. The summed E-state index contributed by atoms with van der Waals surface area (Å²) >= 11 is 3.02. The summed E-state index contributed by atoms with van der Waals surface area (Å²) in [6.07, 6.45) is 2.54. The topological polar surface area (TPSA) is 71.1 Å². The number of hydrogen-bond donors (Lipinski definition) is 2. The lowest BCUT2D eigenvalue weighted by molar-refractivity contribution is -0.118. The third-order valence-electron chi connectivity index (χ3n) is 3.47. The fourth-order valence-electron chi connectivity index (χ4n) is 2.17. The van der Waals surface area contributed by atoms with Crippen LogP contribution in [0.4, 0.5) is 5.13 Å². The van der Waals surface area contributed by atoms with Crippen LogP contribution in [-0.4, -0.2) is 34.8 Å². The van der Waals surface area contributed by atoms with Crippen molar-refractivity contribution in [2.24, 2.45) is 0 Å². The van der Waals surface area contributed by atoms with E-state index in [0.29, 0.717) is 17.1 Å². The van der Waals surface area contributed by atoms with E-state index in [0.717, 1.165) is 17.0 Å². The van der Waals surface area contributed by atoms with E-state index in [2.05, 4.69) is 15.6 Å². The highest BCUT2D eigenvalue weighted by atomic mass is 32.2. The third kappa shape index (κ3) is 5.07. The summed E-state index contributed by atoms with van der Waals surface area (Å²) in [5.74, 6) is 0.313. The first-order valence-electron chi connectivity index (χ1n) is 7.59. The molecule has 0 saturated heterocycles. The molecule has 0 aliphatic carbocycles. The molecule has 1 atom stereocenters. The molecule has 2 aromatic rings. The van der Waals surface area contributed by atoms with Crippen molar-refractivity contribution in [2.75, 3.05) is 17.3 Å². The van der Waals surface area contributed by atoms with Gasteiger partial charge in [-0.3, -0.25) is 9.59 Å². The Labute approximate surface area is 150 Å². The van der Waals surface area contributed by atoms with Crippen LogP contribution in [0.25, 0.3) is 0 Å². The summed E-state index contributed by atoms with van der Waals surface area (Å²) in [4.78, 5) is 29.2. The lowest BCUT2D eigenvalue weighted by Gasteiger charge is -2.18. The van der Waals surface area contributed by atoms with Gasteiger partial charge < -0.3 is 10.6 Å². The molecule has 0 radical (unpaired) electrons. The number of thioether (sulfide) groups is 1. The monoisotopic (exact) mass is 363 g/mol. The number of anilines is 1. The van der Waals surface area contributed by atoms with Gasteiger partial charge in [0.2, 0.25) is 5.91 Å². The Bertz CT molecular complexity index is 715. The van der Waals surface area contributed by atoms with Crippen molar-refractivity contribution >= 4 is 40.0 Å². The van der Waals surface area contributed by atoms with Crippen LogP contribution in [-0.2, 0) is 4.79 Å². The minimum atomic E-state index is -0.589. The molecule has 1 aromatic heterocycles. The first-order valence-corrected chi connectivity index (χ1v) is 9.87. The molecule has 2 amide bonds. The molecular weight excluding hydrogens is 342 g/mol. The smallest absolute Gasteiger partial charge is 0.252 e. The van der Waals surface area contributed by atoms with Crippen LogP contribution < -0.4 is 10.6 Å². The van der Waals surface area contributed by atoms with E-state index in [9.17, 15) is 9.59 Å². The lowest BCUT2D eigenvalue weighted by atomic mass is 10.1. The van der Waals surface area contributed by atoms with Crippen molar-refractivity contribution in [2.45, 2.75) is 26.3 Å². The van der Waals surface area contributed by atoms with E-state index in [4.69, 9.17) is 0 Å². The number of carbonyl (C=O) groups excluding carboxylic acids is 2. The Hall–Kier alpha value is -1.86. The number of rotatable bonds is 7. The number of aromatic nitrogens is 1. The van der Waals surface area contributed by atoms with Crippen LogP contribution >= 0.6 is 23.1 Å². The summed E-state index contributed by atoms with van der Waals surface area (Å²) in [5.41, 5.74) is 2.33. The van der Waals surface area contributed by atoms with Gasteiger partial charge in [-0.25, -0.2) is 4.98 Å². The zero-order valence-corrected chi connectivity index (χ0v) is 15.6. The van der Waals surface area contributed by atoms with Crippen molar-refractivity contribution < 1.29 is 9.59 Å². The van der Waals surface area contributed by atoms with Gasteiger partial charge in [0.25, 0.3) is 5.91 Å². The number of nitrogens with one attached hydrogen (secondary N) is 2. The van der Waals surface area contributed by atoms with Gasteiger partial charge in [0.1, 0.15) is 6.04 Å². The molecule has 1 aromatic carbocycles. The number of carbonyl (C=O) groups is 2. The van der Waals surface area contributed by atoms with E-state index in [1.807, 2.05) is 43.7 Å². The molecule has 0 saturated carbocycles. The van der Waals surface area contributed by atoms with E-state index < -0.39 is 6.04 Å². The van der Waals surface area contributed by atoms with Crippen molar-refractivity contribution in [1.29, 1.82) is 0 Å². The maximum atomic E-state index is 12.5. The molecule has 2 rings (SSSR count). The standard InChI is InChI=1S/C17H21N3O2S2/c1-11-6-4-5-7-13(11)15(21)19-14(8-9-23-3)16(22)20-17-18-12(2)10-24-17/h4-7,10,14H,8-9H2,1-3H3,(H,19,21)(H,18,20,22). The maximum Gasteiger partial charge on any atom is 0.252 e. The molecule has 1 unspecified atom stereocenters. The quantitative estimate of drug-likeness (QED) is 0.792. The Morgan fingerprint density at radius 3 is 2.67 bits per heavy atom. The van der Waals surface area contributed by atoms with Gasteiger partial charge in [0, 0.05) is 10.9 Å². The van der Waals surface area contributed by atoms with E-state index >= 15 is 0 Å². The SMILES string of the molecule is CSCCC(NC(=O)c1ccccc1C)C(=O)Nc1nc(C)cs1. The molecule has 5 nitrogen and oxygen atoms in total. The van der Waals surface area contributed by atoms with Crippen LogP contribution in [0.2, 0.25) is 0 Å². The summed E-state index contributed by atoms with van der Waals surface area (Å²) in [6, 6.07) is 6.75. The van der Waals surface area contributed by atoms with Crippen molar-refractivity contribution in [3.63, 3.8) is 0 Å². The summed E-state index contributed by atoms with van der Waals surface area (Å²) in [5, 5.41) is 8.06. The van der Waals surface area contributed by atoms with Crippen LogP contribution in [0.3, 0.4) is 0 Å². The molecule has 0 spiro atoms. The average Bonchev–Trinajstić information content (AvgIpc) is 2.96. The molecule has 2 N–H and O–H groups in total. The van der Waals surface area contributed by atoms with Gasteiger partial charge in [-0.2, -0.15) is 11.8 Å². The minimum Gasteiger partial charge on any atom is -0.340 e. The maximum absolute atomic E-state index is 12.5. The number of aryl methyl sites for hydroxylation is 2. The Morgan fingerprint density at radius 1 is 1.29 bits per heavy atom. The largest absolute Gasteiger partial charge is 0.340 e. The Kier molecular flexibility index (Phi) is 6.81. The highest BCUT2D eigenvalue weighted by Crippen LogP contribution is 2.15. The van der Waals surface area contributed by atoms with Crippen LogP contribution in [0, 0.1) is 13.8 Å². The number of benzene rings is 1. The normalized spacial score (nSPS) is 11.8. The summed E-state index contributed by atoms with van der Waals surface area (Å²) < 4.78 is 0. The van der Waals surface area contributed by atoms with Crippen LogP contribution in [0.1, 0.15) is 28.0 Å². The lowest BCUT2D eigenvalue weighted by Crippen LogP contribution is -2.44. The van der Waals surface area contributed by atoms with Gasteiger partial charge in [0.15, 0.2) is 5.13 Å². The zero-order chi connectivity index (χ0) is 17.5. The van der Waals surface area contributed by atoms with Crippen molar-refractivity contribution in [1.82, 2.24) is 10.3 Å². The van der Waals surface area contributed by atoms with Crippen molar-refractivity contribution in [3.8, 4) is 0 Å². The molecule has 0 aliphatic heterocycles. The van der Waals surface area contributed by atoms with Gasteiger partial charge in [-0.1, -0.05) is 18.2 Å². The molecule has 7 heteroatoms. The second kappa shape index (κ2) is 8.84. The second-order valence-electron chi connectivity index (χ2n) is 5.41. The molecule has 24 heavy (non-hydrogen) atoms. The zero-order valence-electron chi connectivity index (χ0n) is 14.0. The fraction of sp³-hybridized carbons (Fsp3) is 0.353. The van der Waals surface area contributed by atoms with Crippen LogP contribution in [0.15, 0.2) is 29.6 Å². The van der Waals surface area contributed by atoms with Gasteiger partial charge >= 0.3 is 0 Å². The molecule has 1 heterocycles. The summed E-state index contributed by atoms with van der Waals surface area (Å²) in [6.45, 7) is 3.75. The Balaban J connectivity index is 2.08. The molecule has 0 aliphatic rings. The fourth-order valence-corrected chi connectivity index (χ4v) is 3.33. The van der Waals surface area contributed by atoms with Crippen molar-refractivity contribution in [3.05, 3.63) is 46.5 Å². The van der Waals surface area contributed by atoms with Gasteiger partial charge in [-0.05, 0) is 43.9 Å². The molecular formula is C17H21N3O2S2. The minimum absolute atomic E-state index is 0.232. The van der Waals surface area contributed by atoms with Crippen LogP contribution in [0.5, 0.6) is 0 Å². The highest BCUT2D eigenvalue weighted by molar-refractivity contribution is 7.98.